The highest BCUT2D eigenvalue weighted by Gasteiger charge is 2.25. The molecule has 0 aromatic heterocycles. The number of ether oxygens (including phenoxy) is 1. The smallest absolute Gasteiger partial charge is 0.220 e. The highest BCUT2D eigenvalue weighted by atomic mass is 19.1. The van der Waals surface area contributed by atoms with Crippen molar-refractivity contribution in [2.24, 2.45) is 5.92 Å². The van der Waals surface area contributed by atoms with E-state index in [4.69, 9.17) is 4.74 Å². The Morgan fingerprint density at radius 2 is 2.18 bits per heavy atom. The predicted molar refractivity (Wildman–Crippen MR) is 82.0 cm³/mol. The lowest BCUT2D eigenvalue weighted by molar-refractivity contribution is -0.123. The molecule has 0 unspecified atom stereocenters. The summed E-state index contributed by atoms with van der Waals surface area (Å²) < 4.78 is 18.3. The highest BCUT2D eigenvalue weighted by Crippen LogP contribution is 2.21. The van der Waals surface area contributed by atoms with Crippen LogP contribution in [0.3, 0.4) is 0 Å². The van der Waals surface area contributed by atoms with E-state index in [-0.39, 0.29) is 36.2 Å². The van der Waals surface area contributed by atoms with Gasteiger partial charge in [0, 0.05) is 18.9 Å². The third-order valence-electron chi connectivity index (χ3n) is 4.24. The molecule has 22 heavy (non-hydrogen) atoms. The van der Waals surface area contributed by atoms with Crippen molar-refractivity contribution in [3.05, 3.63) is 35.6 Å². The van der Waals surface area contributed by atoms with E-state index < -0.39 is 0 Å². The first-order valence-corrected chi connectivity index (χ1v) is 7.83. The molecule has 1 aromatic rings. The fourth-order valence-electron chi connectivity index (χ4n) is 2.85. The molecule has 0 radical (unpaired) electrons. The van der Waals surface area contributed by atoms with Crippen LogP contribution in [0.15, 0.2) is 24.3 Å². The molecule has 4 nitrogen and oxygen atoms in total. The van der Waals surface area contributed by atoms with Crippen LogP contribution < -0.4 is 5.32 Å². The first-order valence-electron chi connectivity index (χ1n) is 7.83. The van der Waals surface area contributed by atoms with Gasteiger partial charge in [0.15, 0.2) is 0 Å². The topological polar surface area (TPSA) is 58.6 Å². The molecule has 2 rings (SSSR count). The lowest BCUT2D eigenvalue weighted by Gasteiger charge is -2.30. The molecule has 0 saturated carbocycles. The van der Waals surface area contributed by atoms with Crippen LogP contribution in [0, 0.1) is 11.7 Å². The largest absolute Gasteiger partial charge is 0.394 e. The van der Waals surface area contributed by atoms with Crippen molar-refractivity contribution in [1.29, 1.82) is 0 Å². The van der Waals surface area contributed by atoms with Gasteiger partial charge in [-0.25, -0.2) is 4.39 Å². The van der Waals surface area contributed by atoms with Crippen molar-refractivity contribution in [2.75, 3.05) is 19.8 Å². The monoisotopic (exact) mass is 309 g/mol. The number of halogens is 1. The molecule has 2 N–H and O–H groups in total. The Labute approximate surface area is 130 Å². The average molecular weight is 309 g/mol. The molecule has 1 aromatic carbocycles. The Bertz CT molecular complexity index is 471. The Morgan fingerprint density at radius 1 is 1.45 bits per heavy atom. The molecule has 0 bridgehead atoms. The van der Waals surface area contributed by atoms with Crippen molar-refractivity contribution >= 4 is 5.91 Å². The van der Waals surface area contributed by atoms with Crippen LogP contribution in [-0.2, 0) is 9.53 Å². The molecule has 5 heteroatoms. The van der Waals surface area contributed by atoms with Gasteiger partial charge in [0.05, 0.1) is 19.3 Å². The number of rotatable bonds is 6. The number of amides is 1. The van der Waals surface area contributed by atoms with Gasteiger partial charge < -0.3 is 15.2 Å². The molecule has 1 amide bonds. The number of carbonyl (C=O) groups is 1. The molecule has 1 aliphatic rings. The Hall–Kier alpha value is -1.46. The standard InChI is InChI=1S/C17H24FNO3/c1-12(13-4-6-15(18)7-5-13)9-17(21)19-16(10-20)14-3-2-8-22-11-14/h4-7,12,14,16,20H,2-3,8-11H2,1H3,(H,19,21)/t12-,14+,16+/m1/s1. The average Bonchev–Trinajstić information content (AvgIpc) is 2.54. The fourth-order valence-corrected chi connectivity index (χ4v) is 2.85. The molecule has 0 aliphatic carbocycles. The number of nitrogens with one attached hydrogen (secondary N) is 1. The van der Waals surface area contributed by atoms with Crippen molar-refractivity contribution < 1.29 is 19.0 Å². The highest BCUT2D eigenvalue weighted by molar-refractivity contribution is 5.77. The van der Waals surface area contributed by atoms with E-state index in [1.807, 2.05) is 6.92 Å². The minimum absolute atomic E-state index is 0.00236. The van der Waals surface area contributed by atoms with Crippen molar-refractivity contribution in [3.63, 3.8) is 0 Å². The Morgan fingerprint density at radius 3 is 2.77 bits per heavy atom. The molecular weight excluding hydrogens is 285 g/mol. The molecule has 1 heterocycles. The summed E-state index contributed by atoms with van der Waals surface area (Å²) in [4.78, 5) is 12.2. The fraction of sp³-hybridized carbons (Fsp3) is 0.588. The summed E-state index contributed by atoms with van der Waals surface area (Å²) in [7, 11) is 0. The third-order valence-corrected chi connectivity index (χ3v) is 4.24. The van der Waals surface area contributed by atoms with E-state index in [1.54, 1.807) is 12.1 Å². The predicted octanol–water partition coefficient (Wildman–Crippen LogP) is 2.22. The minimum atomic E-state index is -0.280. The summed E-state index contributed by atoms with van der Waals surface area (Å²) in [6.45, 7) is 3.19. The normalized spacial score (nSPS) is 21.1. The van der Waals surface area contributed by atoms with Gasteiger partial charge in [0.2, 0.25) is 5.91 Å². The third kappa shape index (κ3) is 4.78. The first-order chi connectivity index (χ1) is 10.6. The minimum Gasteiger partial charge on any atom is -0.394 e. The van der Waals surface area contributed by atoms with Crippen LogP contribution in [0.25, 0.3) is 0 Å². The zero-order chi connectivity index (χ0) is 15.9. The maximum absolute atomic E-state index is 12.9. The van der Waals surface area contributed by atoms with Crippen molar-refractivity contribution in [1.82, 2.24) is 5.32 Å². The first kappa shape index (κ1) is 16.9. The molecule has 1 saturated heterocycles. The zero-order valence-corrected chi connectivity index (χ0v) is 12.9. The number of hydrogen-bond donors (Lipinski definition) is 2. The zero-order valence-electron chi connectivity index (χ0n) is 12.9. The van der Waals surface area contributed by atoms with Gasteiger partial charge >= 0.3 is 0 Å². The van der Waals surface area contributed by atoms with E-state index in [9.17, 15) is 14.3 Å². The van der Waals surface area contributed by atoms with Crippen molar-refractivity contribution in [3.8, 4) is 0 Å². The quantitative estimate of drug-likeness (QED) is 0.847. The van der Waals surface area contributed by atoms with Crippen LogP contribution in [0.2, 0.25) is 0 Å². The van der Waals surface area contributed by atoms with Crippen LogP contribution in [0.5, 0.6) is 0 Å². The maximum atomic E-state index is 12.9. The molecular formula is C17H24FNO3. The summed E-state index contributed by atoms with van der Waals surface area (Å²) in [5, 5.41) is 12.4. The maximum Gasteiger partial charge on any atom is 0.220 e. The Balaban J connectivity index is 1.86. The number of hydrogen-bond acceptors (Lipinski definition) is 3. The van der Waals surface area contributed by atoms with Gasteiger partial charge in [0.25, 0.3) is 0 Å². The number of aliphatic hydroxyl groups excluding tert-OH is 1. The second kappa shape index (κ2) is 8.25. The van der Waals surface area contributed by atoms with E-state index in [0.717, 1.165) is 25.0 Å². The van der Waals surface area contributed by atoms with Crippen LogP contribution >= 0.6 is 0 Å². The SMILES string of the molecule is C[C@H](CC(=O)N[C@@H](CO)[C@H]1CCCOC1)c1ccc(F)cc1. The number of carbonyl (C=O) groups excluding carboxylic acids is 1. The molecule has 0 spiro atoms. The summed E-state index contributed by atoms with van der Waals surface area (Å²) >= 11 is 0. The van der Waals surface area contributed by atoms with Crippen LogP contribution in [-0.4, -0.2) is 36.9 Å². The van der Waals surface area contributed by atoms with Crippen molar-refractivity contribution in [2.45, 2.75) is 38.1 Å². The number of aliphatic hydroxyl groups is 1. The Kier molecular flexibility index (Phi) is 6.34. The van der Waals surface area contributed by atoms with E-state index >= 15 is 0 Å². The molecule has 3 atom stereocenters. The van der Waals surface area contributed by atoms with Gasteiger partial charge in [-0.15, -0.1) is 0 Å². The molecule has 1 aliphatic heterocycles. The van der Waals surface area contributed by atoms with Gasteiger partial charge in [-0.05, 0) is 36.5 Å². The summed E-state index contributed by atoms with van der Waals surface area (Å²) in [6.07, 6.45) is 2.23. The van der Waals surface area contributed by atoms with Crippen LogP contribution in [0.4, 0.5) is 4.39 Å². The molecule has 1 fully saturated rings. The second-order valence-electron chi connectivity index (χ2n) is 5.99. The molecule has 122 valence electrons. The van der Waals surface area contributed by atoms with E-state index in [1.165, 1.54) is 12.1 Å². The van der Waals surface area contributed by atoms with Gasteiger partial charge in [-0.3, -0.25) is 4.79 Å². The van der Waals surface area contributed by atoms with Gasteiger partial charge in [0.1, 0.15) is 5.82 Å². The lowest BCUT2D eigenvalue weighted by Crippen LogP contribution is -2.45. The van der Waals surface area contributed by atoms with Gasteiger partial charge in [-0.1, -0.05) is 19.1 Å². The van der Waals surface area contributed by atoms with Crippen LogP contribution in [0.1, 0.15) is 37.7 Å². The summed E-state index contributed by atoms with van der Waals surface area (Å²) in [5.41, 5.74) is 0.929. The van der Waals surface area contributed by atoms with Gasteiger partial charge in [-0.2, -0.15) is 0 Å². The van der Waals surface area contributed by atoms with E-state index in [2.05, 4.69) is 5.32 Å². The summed E-state index contributed by atoms with van der Waals surface area (Å²) in [6, 6.07) is 5.95. The number of benzene rings is 1. The van der Waals surface area contributed by atoms with E-state index in [0.29, 0.717) is 13.0 Å². The lowest BCUT2D eigenvalue weighted by atomic mass is 9.93. The second-order valence-corrected chi connectivity index (χ2v) is 5.99. The summed E-state index contributed by atoms with van der Waals surface area (Å²) in [5.74, 6) is -0.203.